The highest BCUT2D eigenvalue weighted by Crippen LogP contribution is 2.21. The van der Waals surface area contributed by atoms with Crippen LogP contribution in [-0.2, 0) is 4.79 Å². The zero-order valence-corrected chi connectivity index (χ0v) is 11.5. The highest BCUT2D eigenvalue weighted by Gasteiger charge is 2.38. The molecule has 8 heteroatoms. The van der Waals surface area contributed by atoms with Crippen molar-refractivity contribution in [1.29, 1.82) is 0 Å². The number of hydrogen-bond donors (Lipinski definition) is 3. The van der Waals surface area contributed by atoms with Gasteiger partial charge in [0.2, 0.25) is 0 Å². The highest BCUT2D eigenvalue weighted by atomic mass is 35.5. The maximum atomic E-state index is 10.6. The first-order valence-corrected chi connectivity index (χ1v) is 6.06. The molecule has 0 aliphatic rings. The summed E-state index contributed by atoms with van der Waals surface area (Å²) in [6.07, 6.45) is -5.08. The fourth-order valence-electron chi connectivity index (χ4n) is 1.24. The van der Waals surface area contributed by atoms with Crippen molar-refractivity contribution in [2.45, 2.75) is 19.1 Å². The Morgan fingerprint density at radius 3 is 2.35 bits per heavy atom. The molecule has 0 amide bonds. The van der Waals surface area contributed by atoms with Gasteiger partial charge in [-0.05, 0) is 18.6 Å². The van der Waals surface area contributed by atoms with Gasteiger partial charge in [-0.25, -0.2) is 4.79 Å². The second-order valence-corrected chi connectivity index (χ2v) is 4.20. The minimum Gasteiger partial charge on any atom is -0.475 e. The Balaban J connectivity index is 0.000000441. The van der Waals surface area contributed by atoms with E-state index < -0.39 is 12.1 Å². The van der Waals surface area contributed by atoms with Crippen molar-refractivity contribution in [3.05, 3.63) is 34.9 Å². The van der Waals surface area contributed by atoms with E-state index in [1.165, 1.54) is 0 Å². The predicted octanol–water partition coefficient (Wildman–Crippen LogP) is 2.58. The van der Waals surface area contributed by atoms with Gasteiger partial charge in [0.25, 0.3) is 0 Å². The van der Waals surface area contributed by atoms with E-state index >= 15 is 0 Å². The normalized spacial score (nSPS) is 12.3. The van der Waals surface area contributed by atoms with E-state index in [1.54, 1.807) is 0 Å². The van der Waals surface area contributed by atoms with E-state index in [4.69, 9.17) is 27.2 Å². The molecule has 4 N–H and O–H groups in total. The molecule has 1 rings (SSSR count). The number of nitrogens with two attached hydrogens (primary N) is 1. The fraction of sp³-hybridized carbons (Fsp3) is 0.417. The molecule has 0 radical (unpaired) electrons. The Kier molecular flexibility index (Phi) is 8.21. The molecule has 0 saturated heterocycles. The van der Waals surface area contributed by atoms with Crippen molar-refractivity contribution in [3.8, 4) is 0 Å². The van der Waals surface area contributed by atoms with Gasteiger partial charge in [0.15, 0.2) is 0 Å². The third-order valence-corrected chi connectivity index (χ3v) is 2.55. The molecular weight excluding hydrogens is 297 g/mol. The van der Waals surface area contributed by atoms with Crippen molar-refractivity contribution in [3.63, 3.8) is 0 Å². The van der Waals surface area contributed by atoms with Crippen molar-refractivity contribution >= 4 is 17.6 Å². The first kappa shape index (κ1) is 18.7. The lowest BCUT2D eigenvalue weighted by Gasteiger charge is -2.14. The summed E-state index contributed by atoms with van der Waals surface area (Å²) in [7, 11) is 0. The van der Waals surface area contributed by atoms with Crippen LogP contribution in [0, 0.1) is 0 Å². The van der Waals surface area contributed by atoms with E-state index in [0.29, 0.717) is 6.54 Å². The molecule has 0 saturated carbocycles. The van der Waals surface area contributed by atoms with Gasteiger partial charge in [-0.3, -0.25) is 0 Å². The van der Waals surface area contributed by atoms with Gasteiger partial charge in [0, 0.05) is 24.2 Å². The molecule has 1 unspecified atom stereocenters. The molecular formula is C12H16ClF3N2O2. The smallest absolute Gasteiger partial charge is 0.475 e. The number of halogens is 4. The molecule has 0 heterocycles. The van der Waals surface area contributed by atoms with Crippen LogP contribution in [0.1, 0.15) is 18.5 Å². The summed E-state index contributed by atoms with van der Waals surface area (Å²) in [6.45, 7) is 3.54. The Labute approximate surface area is 119 Å². The first-order chi connectivity index (χ1) is 9.20. The molecule has 1 aromatic rings. The lowest BCUT2D eigenvalue weighted by molar-refractivity contribution is -0.192. The Hall–Kier alpha value is -1.31. The number of rotatable bonds is 4. The largest absolute Gasteiger partial charge is 0.490 e. The molecule has 0 aliphatic heterocycles. The minimum atomic E-state index is -5.08. The average Bonchev–Trinajstić information content (AvgIpc) is 2.36. The van der Waals surface area contributed by atoms with Crippen LogP contribution in [0.5, 0.6) is 0 Å². The van der Waals surface area contributed by atoms with Crippen molar-refractivity contribution in [1.82, 2.24) is 5.32 Å². The van der Waals surface area contributed by atoms with Crippen LogP contribution in [0.4, 0.5) is 13.2 Å². The lowest BCUT2D eigenvalue weighted by atomic mass is 10.1. The number of alkyl halides is 3. The molecule has 0 spiro atoms. The topological polar surface area (TPSA) is 75.3 Å². The molecule has 1 atom stereocenters. The van der Waals surface area contributed by atoms with Crippen LogP contribution in [0.25, 0.3) is 0 Å². The van der Waals surface area contributed by atoms with Crippen LogP contribution in [0.15, 0.2) is 24.3 Å². The van der Waals surface area contributed by atoms with Gasteiger partial charge in [-0.2, -0.15) is 13.2 Å². The summed E-state index contributed by atoms with van der Waals surface area (Å²) in [5.41, 5.74) is 6.52. The zero-order chi connectivity index (χ0) is 15.8. The summed E-state index contributed by atoms with van der Waals surface area (Å²) in [5, 5.41) is 11.2. The van der Waals surface area contributed by atoms with E-state index in [1.807, 2.05) is 24.3 Å². The van der Waals surface area contributed by atoms with Crippen molar-refractivity contribution < 1.29 is 23.1 Å². The van der Waals surface area contributed by atoms with E-state index in [-0.39, 0.29) is 6.04 Å². The molecule has 114 valence electrons. The van der Waals surface area contributed by atoms with Gasteiger partial charge in [-0.1, -0.05) is 29.8 Å². The maximum Gasteiger partial charge on any atom is 0.490 e. The van der Waals surface area contributed by atoms with E-state index in [2.05, 4.69) is 12.2 Å². The number of aliphatic carboxylic acids is 1. The molecule has 0 aromatic heterocycles. The van der Waals surface area contributed by atoms with Crippen molar-refractivity contribution in [2.75, 3.05) is 13.1 Å². The molecule has 0 bridgehead atoms. The molecule has 0 fully saturated rings. The van der Waals surface area contributed by atoms with Gasteiger partial charge in [0.05, 0.1) is 0 Å². The number of hydrogen-bond acceptors (Lipinski definition) is 3. The second kappa shape index (κ2) is 8.78. The van der Waals surface area contributed by atoms with Gasteiger partial charge < -0.3 is 16.2 Å². The summed E-state index contributed by atoms with van der Waals surface area (Å²) in [6, 6.07) is 8.11. The van der Waals surface area contributed by atoms with Crippen LogP contribution in [-0.4, -0.2) is 30.3 Å². The molecule has 4 nitrogen and oxygen atoms in total. The van der Waals surface area contributed by atoms with Gasteiger partial charge in [-0.15, -0.1) is 0 Å². The van der Waals surface area contributed by atoms with Gasteiger partial charge >= 0.3 is 12.1 Å². The predicted molar refractivity (Wildman–Crippen MR) is 70.6 cm³/mol. The van der Waals surface area contributed by atoms with Crippen LogP contribution >= 0.6 is 11.6 Å². The number of carbonyl (C=O) groups is 1. The molecule has 0 aliphatic carbocycles. The third kappa shape index (κ3) is 7.32. The third-order valence-electron chi connectivity index (χ3n) is 2.21. The SMILES string of the molecule is CC(NCCN)c1ccccc1Cl.O=C(O)C(F)(F)F. The number of benzene rings is 1. The first-order valence-electron chi connectivity index (χ1n) is 5.68. The highest BCUT2D eigenvalue weighted by molar-refractivity contribution is 6.31. The Morgan fingerprint density at radius 1 is 1.45 bits per heavy atom. The van der Waals surface area contributed by atoms with Gasteiger partial charge in [0.1, 0.15) is 0 Å². The van der Waals surface area contributed by atoms with Crippen LogP contribution in [0.3, 0.4) is 0 Å². The van der Waals surface area contributed by atoms with Crippen LogP contribution in [0.2, 0.25) is 5.02 Å². The minimum absolute atomic E-state index is 0.261. The lowest BCUT2D eigenvalue weighted by Crippen LogP contribution is -2.25. The molecule has 20 heavy (non-hydrogen) atoms. The summed E-state index contributed by atoms with van der Waals surface area (Å²) in [4.78, 5) is 8.90. The fourth-order valence-corrected chi connectivity index (χ4v) is 1.54. The zero-order valence-electron chi connectivity index (χ0n) is 10.7. The second-order valence-electron chi connectivity index (χ2n) is 3.79. The summed E-state index contributed by atoms with van der Waals surface area (Å²) >= 11 is 6.03. The Morgan fingerprint density at radius 2 is 1.95 bits per heavy atom. The number of nitrogens with one attached hydrogen (secondary N) is 1. The average molecular weight is 313 g/mol. The summed E-state index contributed by atoms with van der Waals surface area (Å²) < 4.78 is 31.7. The monoisotopic (exact) mass is 312 g/mol. The number of carboxylic acid groups (broad SMARTS) is 1. The summed E-state index contributed by atoms with van der Waals surface area (Å²) in [5.74, 6) is -2.76. The van der Waals surface area contributed by atoms with E-state index in [9.17, 15) is 13.2 Å². The Bertz CT molecular complexity index is 427. The maximum absolute atomic E-state index is 10.6. The molecule has 1 aromatic carbocycles. The quantitative estimate of drug-likeness (QED) is 0.799. The van der Waals surface area contributed by atoms with Crippen LogP contribution < -0.4 is 11.1 Å². The number of carboxylic acids is 1. The van der Waals surface area contributed by atoms with E-state index in [0.717, 1.165) is 17.1 Å². The standard InChI is InChI=1S/C10H15ClN2.C2HF3O2/c1-8(13-7-6-12)9-4-2-3-5-10(9)11;3-2(4,5)1(6)7/h2-5,8,13H,6-7,12H2,1H3;(H,6,7). The van der Waals surface area contributed by atoms with Crippen molar-refractivity contribution in [2.24, 2.45) is 5.73 Å².